The molecule has 5 nitrogen and oxygen atoms in total. The first-order chi connectivity index (χ1) is 12.2. The number of benzene rings is 1. The van der Waals surface area contributed by atoms with Crippen LogP contribution in [0.3, 0.4) is 0 Å². The number of carbonyl (C=O) groups is 1. The molecule has 0 saturated heterocycles. The molecule has 4 rings (SSSR count). The molecule has 0 spiro atoms. The summed E-state index contributed by atoms with van der Waals surface area (Å²) in [6.07, 6.45) is 5.70. The largest absolute Gasteiger partial charge is 0.462 e. The molecule has 0 saturated carbocycles. The van der Waals surface area contributed by atoms with E-state index >= 15 is 0 Å². The van der Waals surface area contributed by atoms with Crippen molar-refractivity contribution < 1.29 is 18.4 Å². The quantitative estimate of drug-likeness (QED) is 0.671. The monoisotopic (exact) mass is 336 g/mol. The number of aryl methyl sites for hydroxylation is 1. The second-order valence-corrected chi connectivity index (χ2v) is 5.79. The Bertz CT molecular complexity index is 1050. The number of rotatable bonds is 3. The summed E-state index contributed by atoms with van der Waals surface area (Å²) in [5, 5.41) is 0.338. The smallest absolute Gasteiger partial charge is 0.346 e. The molecule has 0 radical (unpaired) electrons. The average Bonchev–Trinajstić information content (AvgIpc) is 3.06. The maximum absolute atomic E-state index is 12.9. The van der Waals surface area contributed by atoms with Gasteiger partial charge in [0, 0.05) is 0 Å². The van der Waals surface area contributed by atoms with E-state index in [1.54, 1.807) is 31.2 Å². The second kappa shape index (κ2) is 6.09. The van der Waals surface area contributed by atoms with Crippen LogP contribution in [0.15, 0.2) is 50.0 Å². The summed E-state index contributed by atoms with van der Waals surface area (Å²) in [5.41, 5.74) is 0.888. The molecule has 1 aliphatic carbocycles. The molecule has 126 valence electrons. The topological polar surface area (TPSA) is 69.7 Å². The summed E-state index contributed by atoms with van der Waals surface area (Å²) in [6.45, 7) is 1.86. The molecule has 0 N–H and O–H groups in total. The van der Waals surface area contributed by atoms with Crippen molar-refractivity contribution in [3.05, 3.63) is 63.5 Å². The Morgan fingerprint density at radius 3 is 2.88 bits per heavy atom. The van der Waals surface area contributed by atoms with Crippen LogP contribution < -0.4 is 5.43 Å². The van der Waals surface area contributed by atoms with Crippen LogP contribution >= 0.6 is 0 Å². The van der Waals surface area contributed by atoms with Gasteiger partial charge in [-0.15, -0.1) is 0 Å². The lowest BCUT2D eigenvalue weighted by Gasteiger charge is -2.07. The predicted octanol–water partition coefficient (Wildman–Crippen LogP) is 4.19. The fourth-order valence-electron chi connectivity index (χ4n) is 3.02. The molecular weight excluding hydrogens is 320 g/mol. The lowest BCUT2D eigenvalue weighted by molar-refractivity contribution is 0.0523. The van der Waals surface area contributed by atoms with Crippen LogP contribution in [-0.4, -0.2) is 12.6 Å². The van der Waals surface area contributed by atoms with Gasteiger partial charge >= 0.3 is 5.97 Å². The van der Waals surface area contributed by atoms with E-state index in [0.29, 0.717) is 16.7 Å². The van der Waals surface area contributed by atoms with Crippen molar-refractivity contribution in [2.24, 2.45) is 0 Å². The molecule has 25 heavy (non-hydrogen) atoms. The van der Waals surface area contributed by atoms with E-state index in [1.807, 2.05) is 18.2 Å². The number of para-hydroxylation sites is 1. The van der Waals surface area contributed by atoms with Crippen LogP contribution in [0.5, 0.6) is 0 Å². The van der Waals surface area contributed by atoms with Crippen LogP contribution in [0, 0.1) is 0 Å². The number of hydrogen-bond acceptors (Lipinski definition) is 5. The molecule has 0 aliphatic heterocycles. The molecule has 0 atom stereocenters. The van der Waals surface area contributed by atoms with Crippen molar-refractivity contribution in [1.29, 1.82) is 0 Å². The highest BCUT2D eigenvalue weighted by Gasteiger charge is 2.26. The maximum atomic E-state index is 12.9. The van der Waals surface area contributed by atoms with Gasteiger partial charge in [0.15, 0.2) is 17.1 Å². The zero-order valence-corrected chi connectivity index (χ0v) is 13.7. The minimum Gasteiger partial charge on any atom is -0.462 e. The number of ether oxygens (including phenoxy) is 1. The van der Waals surface area contributed by atoms with Crippen molar-refractivity contribution in [3.8, 4) is 11.5 Å². The Hall–Kier alpha value is -3.08. The van der Waals surface area contributed by atoms with Gasteiger partial charge in [-0.3, -0.25) is 4.79 Å². The van der Waals surface area contributed by atoms with Gasteiger partial charge in [-0.25, -0.2) is 4.79 Å². The van der Waals surface area contributed by atoms with E-state index < -0.39 is 11.4 Å². The van der Waals surface area contributed by atoms with Gasteiger partial charge in [-0.1, -0.05) is 18.2 Å². The van der Waals surface area contributed by atoms with Crippen molar-refractivity contribution in [2.45, 2.75) is 19.8 Å². The zero-order chi connectivity index (χ0) is 17.4. The van der Waals surface area contributed by atoms with E-state index in [0.717, 1.165) is 24.2 Å². The van der Waals surface area contributed by atoms with E-state index in [2.05, 4.69) is 0 Å². The highest BCUT2D eigenvalue weighted by molar-refractivity contribution is 5.98. The van der Waals surface area contributed by atoms with Gasteiger partial charge in [0.2, 0.25) is 5.43 Å². The number of hydrogen-bond donors (Lipinski definition) is 0. The molecule has 2 aromatic heterocycles. The van der Waals surface area contributed by atoms with E-state index in [9.17, 15) is 9.59 Å². The van der Waals surface area contributed by atoms with Gasteiger partial charge < -0.3 is 13.6 Å². The highest BCUT2D eigenvalue weighted by atomic mass is 16.5. The Labute approximate surface area is 143 Å². The SMILES string of the molecule is CCOC(=O)c1c(-c2cc3c(o2)C=CCC3)oc2ccccc2c1=O. The van der Waals surface area contributed by atoms with Crippen molar-refractivity contribution in [2.75, 3.05) is 6.61 Å². The number of esters is 1. The summed E-state index contributed by atoms with van der Waals surface area (Å²) in [6, 6.07) is 8.65. The summed E-state index contributed by atoms with van der Waals surface area (Å²) in [4.78, 5) is 25.3. The Balaban J connectivity index is 1.99. The molecule has 1 aliphatic rings. The van der Waals surface area contributed by atoms with Crippen LogP contribution in [-0.2, 0) is 11.2 Å². The third-order valence-corrected chi connectivity index (χ3v) is 4.19. The van der Waals surface area contributed by atoms with Crippen molar-refractivity contribution in [1.82, 2.24) is 0 Å². The minimum atomic E-state index is -0.707. The van der Waals surface area contributed by atoms with Crippen LogP contribution in [0.2, 0.25) is 0 Å². The molecule has 3 aromatic rings. The molecule has 0 unspecified atom stereocenters. The Morgan fingerprint density at radius 2 is 2.08 bits per heavy atom. The zero-order valence-electron chi connectivity index (χ0n) is 13.7. The van der Waals surface area contributed by atoms with E-state index in [-0.39, 0.29) is 17.9 Å². The molecular formula is C20H16O5. The van der Waals surface area contributed by atoms with Gasteiger partial charge in [0.1, 0.15) is 11.3 Å². The highest BCUT2D eigenvalue weighted by Crippen LogP contribution is 2.32. The second-order valence-electron chi connectivity index (χ2n) is 5.79. The minimum absolute atomic E-state index is 0.116. The van der Waals surface area contributed by atoms with Crippen molar-refractivity contribution >= 4 is 23.0 Å². The van der Waals surface area contributed by atoms with Gasteiger partial charge in [-0.2, -0.15) is 0 Å². The normalized spacial score (nSPS) is 13.0. The Kier molecular flexibility index (Phi) is 3.76. The van der Waals surface area contributed by atoms with Crippen LogP contribution in [0.4, 0.5) is 0 Å². The average molecular weight is 336 g/mol. The van der Waals surface area contributed by atoms with Gasteiger partial charge in [0.25, 0.3) is 0 Å². The summed E-state index contributed by atoms with van der Waals surface area (Å²) in [5.74, 6) is 0.501. The summed E-state index contributed by atoms with van der Waals surface area (Å²) >= 11 is 0. The first kappa shape index (κ1) is 15.4. The Morgan fingerprint density at radius 1 is 1.24 bits per heavy atom. The first-order valence-corrected chi connectivity index (χ1v) is 8.21. The summed E-state index contributed by atoms with van der Waals surface area (Å²) in [7, 11) is 0. The lowest BCUT2D eigenvalue weighted by atomic mass is 10.0. The van der Waals surface area contributed by atoms with Crippen LogP contribution in [0.1, 0.15) is 35.0 Å². The third kappa shape index (κ3) is 2.58. The fourth-order valence-corrected chi connectivity index (χ4v) is 3.02. The van der Waals surface area contributed by atoms with Crippen molar-refractivity contribution in [3.63, 3.8) is 0 Å². The third-order valence-electron chi connectivity index (χ3n) is 4.19. The number of carbonyl (C=O) groups excluding carboxylic acids is 1. The molecule has 0 amide bonds. The molecule has 5 heteroatoms. The molecule has 2 heterocycles. The number of allylic oxidation sites excluding steroid dienone is 1. The van der Waals surface area contributed by atoms with E-state index in [1.165, 1.54) is 0 Å². The maximum Gasteiger partial charge on any atom is 0.346 e. The lowest BCUT2D eigenvalue weighted by Crippen LogP contribution is -2.19. The summed E-state index contributed by atoms with van der Waals surface area (Å²) < 4.78 is 16.8. The first-order valence-electron chi connectivity index (χ1n) is 8.21. The molecule has 0 fully saturated rings. The van der Waals surface area contributed by atoms with Crippen LogP contribution in [0.25, 0.3) is 28.6 Å². The number of furan rings is 1. The van der Waals surface area contributed by atoms with E-state index in [4.69, 9.17) is 13.6 Å². The number of fused-ring (bicyclic) bond motifs is 2. The van der Waals surface area contributed by atoms with Gasteiger partial charge in [0.05, 0.1) is 12.0 Å². The fraction of sp³-hybridized carbons (Fsp3) is 0.200. The predicted molar refractivity (Wildman–Crippen MR) is 93.5 cm³/mol. The standard InChI is InChI=1S/C20H16O5/c1-2-23-20(22)17-18(21)13-8-4-6-10-15(13)25-19(17)16-11-12-7-3-5-9-14(12)24-16/h4-6,8-11H,2-3,7H2,1H3. The molecule has 1 aromatic carbocycles. The van der Waals surface area contributed by atoms with Gasteiger partial charge in [-0.05, 0) is 49.6 Å². The molecule has 0 bridgehead atoms.